The molecular formula is C18H24N3O5P. The Bertz CT molecular complexity index is 829. The summed E-state index contributed by atoms with van der Waals surface area (Å²) in [5.74, 6) is -0.178. The lowest BCUT2D eigenvalue weighted by molar-refractivity contribution is -0.149. The Balaban J connectivity index is 2.27. The van der Waals surface area contributed by atoms with E-state index in [1.807, 2.05) is 0 Å². The van der Waals surface area contributed by atoms with Crippen LogP contribution >= 0.6 is 7.75 Å². The third-order valence-electron chi connectivity index (χ3n) is 3.28. The Hall–Kier alpha value is -2.70. The van der Waals surface area contributed by atoms with Gasteiger partial charge < -0.3 is 25.3 Å². The maximum absolute atomic E-state index is 13.3. The molecule has 146 valence electrons. The summed E-state index contributed by atoms with van der Waals surface area (Å²) in [5, 5.41) is 2.59. The molecule has 0 heterocycles. The molecule has 0 aliphatic carbocycles. The Morgan fingerprint density at radius 2 is 1.70 bits per heavy atom. The van der Waals surface area contributed by atoms with E-state index in [2.05, 4.69) is 5.09 Å². The number of hydrogen-bond donors (Lipinski definition) is 3. The molecule has 0 saturated heterocycles. The lowest BCUT2D eigenvalue weighted by Gasteiger charge is -2.24. The zero-order chi connectivity index (χ0) is 20.0. The van der Waals surface area contributed by atoms with Crippen LogP contribution < -0.4 is 25.6 Å². The van der Waals surface area contributed by atoms with Crippen LogP contribution in [-0.2, 0) is 14.1 Å². The molecule has 0 radical (unpaired) electrons. The summed E-state index contributed by atoms with van der Waals surface area (Å²) in [4.78, 5) is 12.1. The van der Waals surface area contributed by atoms with Crippen molar-refractivity contribution in [1.82, 2.24) is 5.09 Å². The quantitative estimate of drug-likeness (QED) is 0.354. The van der Waals surface area contributed by atoms with E-state index in [0.717, 1.165) is 0 Å². The van der Waals surface area contributed by atoms with E-state index in [1.165, 1.54) is 19.1 Å². The molecule has 5 N–H and O–H groups in total. The van der Waals surface area contributed by atoms with E-state index in [0.29, 0.717) is 11.4 Å². The minimum absolute atomic E-state index is 0.111. The first-order valence-corrected chi connectivity index (χ1v) is 9.90. The van der Waals surface area contributed by atoms with Crippen molar-refractivity contribution in [2.24, 2.45) is 0 Å². The lowest BCUT2D eigenvalue weighted by atomic mass is 10.3. The van der Waals surface area contributed by atoms with Crippen molar-refractivity contribution in [3.8, 4) is 11.5 Å². The lowest BCUT2D eigenvalue weighted by Crippen LogP contribution is -2.36. The van der Waals surface area contributed by atoms with Crippen molar-refractivity contribution in [1.29, 1.82) is 0 Å². The molecule has 2 aromatic carbocycles. The SMILES string of the molecule is CC(C)OC(=O)[C@H](C)NP(=O)(Oc1ccccc1)Oc1ccc(N)cc1N. The molecule has 0 aliphatic rings. The number of benzene rings is 2. The van der Waals surface area contributed by atoms with Gasteiger partial charge >= 0.3 is 13.7 Å². The summed E-state index contributed by atoms with van der Waals surface area (Å²) in [6, 6.07) is 12.0. The van der Waals surface area contributed by atoms with E-state index in [-0.39, 0.29) is 17.5 Å². The van der Waals surface area contributed by atoms with Gasteiger partial charge in [0.1, 0.15) is 11.8 Å². The fourth-order valence-electron chi connectivity index (χ4n) is 2.10. The average molecular weight is 393 g/mol. The van der Waals surface area contributed by atoms with E-state index in [1.54, 1.807) is 50.2 Å². The van der Waals surface area contributed by atoms with Crippen LogP contribution in [0, 0.1) is 0 Å². The summed E-state index contributed by atoms with van der Waals surface area (Å²) in [6.07, 6.45) is -0.315. The number of ether oxygens (including phenoxy) is 1. The van der Waals surface area contributed by atoms with E-state index in [4.69, 9.17) is 25.3 Å². The summed E-state index contributed by atoms with van der Waals surface area (Å²) < 4.78 is 29.6. The number of nitrogen functional groups attached to an aromatic ring is 2. The van der Waals surface area contributed by atoms with Crippen molar-refractivity contribution in [3.05, 3.63) is 48.5 Å². The van der Waals surface area contributed by atoms with Crippen molar-refractivity contribution in [3.63, 3.8) is 0 Å². The van der Waals surface area contributed by atoms with Crippen LogP contribution in [0.1, 0.15) is 20.8 Å². The number of esters is 1. The highest BCUT2D eigenvalue weighted by molar-refractivity contribution is 7.52. The number of para-hydroxylation sites is 1. The van der Waals surface area contributed by atoms with Crippen LogP contribution in [0.5, 0.6) is 11.5 Å². The van der Waals surface area contributed by atoms with Crippen LogP contribution in [0.15, 0.2) is 48.5 Å². The van der Waals surface area contributed by atoms with Gasteiger partial charge in [0.2, 0.25) is 0 Å². The van der Waals surface area contributed by atoms with Gasteiger partial charge in [-0.05, 0) is 51.1 Å². The molecule has 0 bridgehead atoms. The van der Waals surface area contributed by atoms with Crippen LogP contribution in [0.25, 0.3) is 0 Å². The molecule has 27 heavy (non-hydrogen) atoms. The van der Waals surface area contributed by atoms with E-state index in [9.17, 15) is 9.36 Å². The van der Waals surface area contributed by atoms with Crippen molar-refractivity contribution in [2.45, 2.75) is 32.9 Å². The maximum atomic E-state index is 13.3. The van der Waals surface area contributed by atoms with E-state index >= 15 is 0 Å². The predicted octanol–water partition coefficient (Wildman–Crippen LogP) is 3.35. The second-order valence-electron chi connectivity index (χ2n) is 6.13. The fourth-order valence-corrected chi connectivity index (χ4v) is 3.64. The zero-order valence-electron chi connectivity index (χ0n) is 15.4. The second-order valence-corrected chi connectivity index (χ2v) is 7.75. The van der Waals surface area contributed by atoms with Gasteiger partial charge in [0.25, 0.3) is 0 Å². The summed E-state index contributed by atoms with van der Waals surface area (Å²) in [7, 11) is -4.03. The number of carbonyl (C=O) groups excluding carboxylic acids is 1. The Kier molecular flexibility index (Phi) is 6.71. The highest BCUT2D eigenvalue weighted by Crippen LogP contribution is 2.47. The van der Waals surface area contributed by atoms with Gasteiger partial charge in [0.05, 0.1) is 11.8 Å². The largest absolute Gasteiger partial charge is 0.513 e. The van der Waals surface area contributed by atoms with Crippen LogP contribution in [0.3, 0.4) is 0 Å². The minimum atomic E-state index is -4.03. The molecule has 0 amide bonds. The fraction of sp³-hybridized carbons (Fsp3) is 0.278. The van der Waals surface area contributed by atoms with Gasteiger partial charge in [-0.1, -0.05) is 18.2 Å². The van der Waals surface area contributed by atoms with Crippen molar-refractivity contribution >= 4 is 25.1 Å². The molecule has 8 nitrogen and oxygen atoms in total. The van der Waals surface area contributed by atoms with Gasteiger partial charge in [0.15, 0.2) is 5.75 Å². The normalized spacial score (nSPS) is 14.2. The Morgan fingerprint density at radius 1 is 1.04 bits per heavy atom. The van der Waals surface area contributed by atoms with Gasteiger partial charge in [-0.15, -0.1) is 0 Å². The number of anilines is 2. The zero-order valence-corrected chi connectivity index (χ0v) is 16.3. The molecule has 0 saturated carbocycles. The standard InChI is InChI=1S/C18H24N3O5P/c1-12(2)24-18(22)13(3)21-27(23,25-15-7-5-4-6-8-15)26-17-10-9-14(19)11-16(17)20/h4-13H,19-20H2,1-3H3,(H,21,23)/t13-,27?/m0/s1. The average Bonchev–Trinajstić information content (AvgIpc) is 2.57. The number of carbonyl (C=O) groups is 1. The molecular weight excluding hydrogens is 369 g/mol. The van der Waals surface area contributed by atoms with Crippen LogP contribution in [0.4, 0.5) is 11.4 Å². The highest BCUT2D eigenvalue weighted by atomic mass is 31.2. The Labute approximate surface area is 158 Å². The van der Waals surface area contributed by atoms with Crippen molar-refractivity contribution < 1.29 is 23.1 Å². The number of nitrogens with one attached hydrogen (secondary N) is 1. The summed E-state index contributed by atoms with van der Waals surface area (Å²) in [5.41, 5.74) is 12.2. The molecule has 2 rings (SSSR count). The third-order valence-corrected chi connectivity index (χ3v) is 4.87. The topological polar surface area (TPSA) is 126 Å². The van der Waals surface area contributed by atoms with Gasteiger partial charge in [0, 0.05) is 5.69 Å². The molecule has 0 spiro atoms. The van der Waals surface area contributed by atoms with Crippen LogP contribution in [0.2, 0.25) is 0 Å². The molecule has 2 atom stereocenters. The number of nitrogens with two attached hydrogens (primary N) is 2. The molecule has 0 aliphatic heterocycles. The first kappa shape index (κ1) is 20.6. The Morgan fingerprint density at radius 3 is 2.30 bits per heavy atom. The van der Waals surface area contributed by atoms with E-state index < -0.39 is 19.8 Å². The third kappa shape index (κ3) is 6.20. The molecule has 0 aromatic heterocycles. The highest BCUT2D eigenvalue weighted by Gasteiger charge is 2.34. The molecule has 0 fully saturated rings. The van der Waals surface area contributed by atoms with Gasteiger partial charge in [-0.2, -0.15) is 5.09 Å². The number of rotatable bonds is 8. The molecule has 2 aromatic rings. The van der Waals surface area contributed by atoms with Gasteiger partial charge in [-0.3, -0.25) is 4.79 Å². The van der Waals surface area contributed by atoms with Crippen LogP contribution in [-0.4, -0.2) is 18.1 Å². The van der Waals surface area contributed by atoms with Crippen molar-refractivity contribution in [2.75, 3.05) is 11.5 Å². The molecule has 9 heteroatoms. The first-order valence-electron chi connectivity index (χ1n) is 8.36. The predicted molar refractivity (Wildman–Crippen MR) is 104 cm³/mol. The first-order chi connectivity index (χ1) is 12.7. The smallest absolute Gasteiger partial charge is 0.462 e. The second kappa shape index (κ2) is 8.79. The monoisotopic (exact) mass is 393 g/mol. The molecule has 1 unspecified atom stereocenters. The number of hydrogen-bond acceptors (Lipinski definition) is 7. The summed E-state index contributed by atoms with van der Waals surface area (Å²) in [6.45, 7) is 4.94. The van der Waals surface area contributed by atoms with Gasteiger partial charge in [-0.25, -0.2) is 4.57 Å². The minimum Gasteiger partial charge on any atom is -0.462 e. The maximum Gasteiger partial charge on any atom is 0.513 e. The summed E-state index contributed by atoms with van der Waals surface area (Å²) >= 11 is 0.